The molecule has 110 valence electrons. The maximum absolute atomic E-state index is 11.6. The van der Waals surface area contributed by atoms with Gasteiger partial charge in [0.2, 0.25) is 0 Å². The molecule has 20 heavy (non-hydrogen) atoms. The summed E-state index contributed by atoms with van der Waals surface area (Å²) in [5, 5.41) is 13.9. The van der Waals surface area contributed by atoms with E-state index >= 15 is 0 Å². The van der Waals surface area contributed by atoms with Crippen molar-refractivity contribution in [3.05, 3.63) is 28.3 Å². The van der Waals surface area contributed by atoms with E-state index in [-0.39, 0.29) is 29.0 Å². The van der Waals surface area contributed by atoms with Crippen molar-refractivity contribution in [1.82, 2.24) is 0 Å². The van der Waals surface area contributed by atoms with Gasteiger partial charge in [0.05, 0.1) is 23.5 Å². The zero-order valence-corrected chi connectivity index (χ0v) is 11.9. The normalized spacial score (nSPS) is 21.1. The first kappa shape index (κ1) is 14.6. The number of nitrogens with one attached hydrogen (secondary N) is 1. The van der Waals surface area contributed by atoms with E-state index < -0.39 is 14.8 Å². The first-order valence-corrected chi connectivity index (χ1v) is 8.03. The molecule has 0 amide bonds. The first-order chi connectivity index (χ1) is 9.41. The van der Waals surface area contributed by atoms with Crippen LogP contribution in [0.4, 0.5) is 11.4 Å². The number of sulfone groups is 1. The van der Waals surface area contributed by atoms with Crippen molar-refractivity contribution in [2.24, 2.45) is 0 Å². The predicted molar refractivity (Wildman–Crippen MR) is 74.9 cm³/mol. The molecule has 2 rings (SSSR count). The highest BCUT2D eigenvalue weighted by atomic mass is 32.2. The zero-order valence-electron chi connectivity index (χ0n) is 11.0. The molecule has 1 aliphatic rings. The van der Waals surface area contributed by atoms with Crippen molar-refractivity contribution >= 4 is 21.2 Å². The molecule has 1 N–H and O–H groups in total. The highest BCUT2D eigenvalue weighted by Crippen LogP contribution is 2.30. The van der Waals surface area contributed by atoms with Gasteiger partial charge in [-0.25, -0.2) is 8.42 Å². The van der Waals surface area contributed by atoms with Crippen LogP contribution in [0.5, 0.6) is 5.75 Å². The fourth-order valence-electron chi connectivity index (χ4n) is 2.29. The van der Waals surface area contributed by atoms with Crippen molar-refractivity contribution in [3.8, 4) is 5.75 Å². The Kier molecular flexibility index (Phi) is 4.12. The van der Waals surface area contributed by atoms with E-state index in [1.807, 2.05) is 0 Å². The van der Waals surface area contributed by atoms with E-state index in [0.29, 0.717) is 12.1 Å². The fourth-order valence-corrected chi connectivity index (χ4v) is 3.93. The number of hydrogen-bond acceptors (Lipinski definition) is 6. The summed E-state index contributed by atoms with van der Waals surface area (Å²) >= 11 is 0. The number of hydrogen-bond donors (Lipinski definition) is 1. The number of nitro benzene ring substituents is 1. The Balaban J connectivity index is 2.16. The van der Waals surface area contributed by atoms with Crippen LogP contribution in [0.25, 0.3) is 0 Å². The Morgan fingerprint density at radius 1 is 1.45 bits per heavy atom. The summed E-state index contributed by atoms with van der Waals surface area (Å²) in [4.78, 5) is 10.3. The standard InChI is InChI=1S/C12H16N2O5S/c1-19-12-7-9(4-5-11(12)14(15)16)13-10-3-2-6-20(17,18)8-10/h4-5,7,10,13H,2-3,6,8H2,1H3. The molecule has 0 spiro atoms. The molecule has 1 aromatic rings. The van der Waals surface area contributed by atoms with E-state index in [2.05, 4.69) is 5.32 Å². The second-order valence-electron chi connectivity index (χ2n) is 4.74. The molecule has 0 aliphatic carbocycles. The molecule has 1 fully saturated rings. The quantitative estimate of drug-likeness (QED) is 0.669. The first-order valence-electron chi connectivity index (χ1n) is 6.21. The van der Waals surface area contributed by atoms with Gasteiger partial charge in [-0.2, -0.15) is 0 Å². The molecule has 1 heterocycles. The van der Waals surface area contributed by atoms with Crippen LogP contribution in [-0.4, -0.2) is 38.0 Å². The Labute approximate surface area is 117 Å². The number of benzene rings is 1. The second-order valence-corrected chi connectivity index (χ2v) is 6.97. The van der Waals surface area contributed by atoms with Gasteiger partial charge < -0.3 is 10.1 Å². The summed E-state index contributed by atoms with van der Waals surface area (Å²) in [5.41, 5.74) is 0.504. The Morgan fingerprint density at radius 2 is 2.20 bits per heavy atom. The van der Waals surface area contributed by atoms with Gasteiger partial charge in [0.15, 0.2) is 15.6 Å². The van der Waals surface area contributed by atoms with Crippen LogP contribution in [-0.2, 0) is 9.84 Å². The predicted octanol–water partition coefficient (Wildman–Crippen LogP) is 1.59. The molecule has 1 aliphatic heterocycles. The number of nitrogens with zero attached hydrogens (tertiary/aromatic N) is 1. The van der Waals surface area contributed by atoms with Crippen LogP contribution >= 0.6 is 0 Å². The Morgan fingerprint density at radius 3 is 2.80 bits per heavy atom. The minimum Gasteiger partial charge on any atom is -0.490 e. The van der Waals surface area contributed by atoms with Crippen LogP contribution in [0.1, 0.15) is 12.8 Å². The van der Waals surface area contributed by atoms with Gasteiger partial charge in [-0.1, -0.05) is 0 Å². The minimum atomic E-state index is -2.99. The number of ether oxygens (including phenoxy) is 1. The van der Waals surface area contributed by atoms with Crippen LogP contribution < -0.4 is 10.1 Å². The van der Waals surface area contributed by atoms with Gasteiger partial charge in [0, 0.05) is 23.9 Å². The molecule has 0 aromatic heterocycles. The van der Waals surface area contributed by atoms with Crippen LogP contribution in [0.15, 0.2) is 18.2 Å². The van der Waals surface area contributed by atoms with E-state index in [1.54, 1.807) is 6.07 Å². The molecular formula is C12H16N2O5S. The van der Waals surface area contributed by atoms with Gasteiger partial charge in [-0.15, -0.1) is 0 Å². The van der Waals surface area contributed by atoms with E-state index in [0.717, 1.165) is 6.42 Å². The third-order valence-corrected chi connectivity index (χ3v) is 5.03. The van der Waals surface area contributed by atoms with Gasteiger partial charge in [-0.3, -0.25) is 10.1 Å². The van der Waals surface area contributed by atoms with Crippen molar-refractivity contribution < 1.29 is 18.1 Å². The average molecular weight is 300 g/mol. The number of nitro groups is 1. The maximum atomic E-state index is 11.6. The van der Waals surface area contributed by atoms with E-state index in [4.69, 9.17) is 4.74 Å². The lowest BCUT2D eigenvalue weighted by Gasteiger charge is -2.24. The van der Waals surface area contributed by atoms with Crippen LogP contribution in [0.3, 0.4) is 0 Å². The van der Waals surface area contributed by atoms with Gasteiger partial charge in [0.25, 0.3) is 0 Å². The lowest BCUT2D eigenvalue weighted by atomic mass is 10.1. The summed E-state index contributed by atoms with van der Waals surface area (Å²) in [5.74, 6) is 0.472. The summed E-state index contributed by atoms with van der Waals surface area (Å²) in [7, 11) is -1.63. The summed E-state index contributed by atoms with van der Waals surface area (Å²) < 4.78 is 28.1. The van der Waals surface area contributed by atoms with E-state index in [9.17, 15) is 18.5 Å². The summed E-state index contributed by atoms with van der Waals surface area (Å²) in [6.07, 6.45) is 1.39. The van der Waals surface area contributed by atoms with Crippen molar-refractivity contribution in [3.63, 3.8) is 0 Å². The average Bonchev–Trinajstić information content (AvgIpc) is 2.37. The summed E-state index contributed by atoms with van der Waals surface area (Å²) in [6, 6.07) is 4.25. The van der Waals surface area contributed by atoms with Crippen molar-refractivity contribution in [2.45, 2.75) is 18.9 Å². The molecule has 0 saturated carbocycles. The van der Waals surface area contributed by atoms with Gasteiger partial charge in [-0.05, 0) is 18.9 Å². The Hall–Kier alpha value is -1.83. The van der Waals surface area contributed by atoms with Crippen LogP contribution in [0, 0.1) is 10.1 Å². The van der Waals surface area contributed by atoms with Crippen molar-refractivity contribution in [1.29, 1.82) is 0 Å². The molecule has 1 aromatic carbocycles. The molecular weight excluding hydrogens is 284 g/mol. The molecule has 7 nitrogen and oxygen atoms in total. The highest BCUT2D eigenvalue weighted by molar-refractivity contribution is 7.91. The third kappa shape index (κ3) is 3.38. The van der Waals surface area contributed by atoms with Crippen molar-refractivity contribution in [2.75, 3.05) is 23.9 Å². The van der Waals surface area contributed by atoms with Gasteiger partial charge in [0.1, 0.15) is 0 Å². The zero-order chi connectivity index (χ0) is 14.8. The molecule has 1 unspecified atom stereocenters. The molecule has 0 radical (unpaired) electrons. The van der Waals surface area contributed by atoms with Gasteiger partial charge >= 0.3 is 5.69 Å². The molecule has 8 heteroatoms. The SMILES string of the molecule is COc1cc(NC2CCCS(=O)(=O)C2)ccc1[N+](=O)[O-]. The third-order valence-electron chi connectivity index (χ3n) is 3.21. The smallest absolute Gasteiger partial charge is 0.311 e. The summed E-state index contributed by atoms with van der Waals surface area (Å²) in [6.45, 7) is 0. The lowest BCUT2D eigenvalue weighted by molar-refractivity contribution is -0.385. The topological polar surface area (TPSA) is 98.5 Å². The minimum absolute atomic E-state index is 0.0896. The lowest BCUT2D eigenvalue weighted by Crippen LogP contribution is -2.34. The fraction of sp³-hybridized carbons (Fsp3) is 0.500. The number of methoxy groups -OCH3 is 1. The number of rotatable bonds is 4. The van der Waals surface area contributed by atoms with Crippen LogP contribution in [0.2, 0.25) is 0 Å². The number of anilines is 1. The maximum Gasteiger partial charge on any atom is 0.311 e. The Bertz CT molecular complexity index is 614. The molecule has 1 atom stereocenters. The van der Waals surface area contributed by atoms with E-state index in [1.165, 1.54) is 19.2 Å². The largest absolute Gasteiger partial charge is 0.490 e. The molecule has 1 saturated heterocycles. The molecule has 0 bridgehead atoms. The highest BCUT2D eigenvalue weighted by Gasteiger charge is 2.25. The monoisotopic (exact) mass is 300 g/mol. The second kappa shape index (κ2) is 5.66.